The van der Waals surface area contributed by atoms with Crippen LogP contribution in [-0.2, 0) is 0 Å². The average molecular weight is 385 g/mol. The highest BCUT2D eigenvalue weighted by molar-refractivity contribution is 5.92. The van der Waals surface area contributed by atoms with Crippen LogP contribution in [-0.4, -0.2) is 43.8 Å². The molecule has 0 saturated heterocycles. The zero-order valence-electron chi connectivity index (χ0n) is 17.5. The monoisotopic (exact) mass is 384 g/mol. The van der Waals surface area contributed by atoms with Crippen LogP contribution in [0.1, 0.15) is 55.3 Å². The van der Waals surface area contributed by atoms with E-state index < -0.39 is 0 Å². The molecule has 0 spiro atoms. The van der Waals surface area contributed by atoms with Crippen molar-refractivity contribution in [1.82, 2.24) is 25.1 Å². The van der Waals surface area contributed by atoms with Gasteiger partial charge in [0.2, 0.25) is 5.88 Å². The number of aromatic nitrogens is 5. The largest absolute Gasteiger partial charge is 0.471 e. The minimum atomic E-state index is -0.0611. The topological polar surface area (TPSA) is 79.8 Å². The van der Waals surface area contributed by atoms with Crippen LogP contribution in [0.25, 0.3) is 22.3 Å². The van der Waals surface area contributed by atoms with Crippen LogP contribution in [0.4, 0.5) is 5.82 Å². The van der Waals surface area contributed by atoms with Gasteiger partial charge in [-0.15, -0.1) is 0 Å². The summed E-state index contributed by atoms with van der Waals surface area (Å²) in [6.45, 7) is 12.3. The molecule has 0 radical (unpaired) electrons. The van der Waals surface area contributed by atoms with Crippen molar-refractivity contribution in [2.75, 3.05) is 18.0 Å². The van der Waals surface area contributed by atoms with Gasteiger partial charge in [0.05, 0.1) is 17.4 Å². The summed E-state index contributed by atoms with van der Waals surface area (Å²) in [5, 5.41) is 8.46. The first-order valence-electron chi connectivity index (χ1n) is 10.2. The molecule has 3 aromatic rings. The van der Waals surface area contributed by atoms with Crippen LogP contribution in [0.2, 0.25) is 0 Å². The van der Waals surface area contributed by atoms with E-state index in [9.17, 15) is 0 Å². The maximum atomic E-state index is 6.00. The van der Waals surface area contributed by atoms with Crippen molar-refractivity contribution in [3.63, 3.8) is 0 Å². The van der Waals surface area contributed by atoms with Crippen molar-refractivity contribution < 1.29 is 6.16 Å². The van der Waals surface area contributed by atoms with Gasteiger partial charge in [-0.05, 0) is 33.1 Å². The Bertz CT molecular complexity index is 924. The number of nitrogens with one attached hydrogen (secondary N) is 1. The van der Waals surface area contributed by atoms with E-state index in [2.05, 4.69) is 50.8 Å². The SMILES string of the molecule is CC.CCCN(CC)c1cc(-c2n[nH]c3cnc(OC4(C)CC4)cc23)ncn1.[HH]. The van der Waals surface area contributed by atoms with E-state index in [4.69, 9.17) is 4.74 Å². The van der Waals surface area contributed by atoms with Crippen molar-refractivity contribution in [3.05, 3.63) is 24.7 Å². The number of aromatic amines is 1. The Hall–Kier alpha value is -2.70. The van der Waals surface area contributed by atoms with Crippen LogP contribution >= 0.6 is 0 Å². The molecule has 3 heterocycles. The van der Waals surface area contributed by atoms with Gasteiger partial charge in [-0.2, -0.15) is 5.10 Å². The number of rotatable bonds is 7. The molecular weight excluding hydrogens is 352 g/mol. The molecule has 0 aromatic carbocycles. The Morgan fingerprint density at radius 2 is 1.96 bits per heavy atom. The molecule has 0 amide bonds. The van der Waals surface area contributed by atoms with E-state index in [0.29, 0.717) is 5.88 Å². The summed E-state index contributed by atoms with van der Waals surface area (Å²) in [6, 6.07) is 3.95. The molecule has 4 rings (SSSR count). The maximum Gasteiger partial charge on any atom is 0.214 e. The number of anilines is 1. The first kappa shape index (κ1) is 20.0. The number of nitrogens with zero attached hydrogens (tertiary/aromatic N) is 5. The van der Waals surface area contributed by atoms with Gasteiger partial charge in [0.15, 0.2) is 0 Å². The zero-order chi connectivity index (χ0) is 20.1. The molecule has 0 bridgehead atoms. The lowest BCUT2D eigenvalue weighted by molar-refractivity contribution is 0.192. The standard InChI is InChI=1S/C19H24N6O.C2H6.H2/c1-4-8-25(5-2)16-10-14(21-12-22-16)18-13-9-17(26-19(3)6-7-19)20-11-15(13)23-24-18;1-2;/h9-12H,4-8H2,1-3H3,(H,23,24);1-2H3;1H. The Balaban J connectivity index is 0.000000970. The van der Waals surface area contributed by atoms with Gasteiger partial charge in [-0.1, -0.05) is 20.8 Å². The second-order valence-electron chi connectivity index (χ2n) is 7.03. The van der Waals surface area contributed by atoms with Crippen LogP contribution in [0.3, 0.4) is 0 Å². The average Bonchev–Trinajstić information content (AvgIpc) is 3.30. The second-order valence-corrected chi connectivity index (χ2v) is 7.03. The Morgan fingerprint density at radius 1 is 1.18 bits per heavy atom. The molecule has 0 unspecified atom stereocenters. The molecule has 1 aliphatic rings. The first-order chi connectivity index (χ1) is 13.6. The quantitative estimate of drug-likeness (QED) is 0.627. The predicted molar refractivity (Wildman–Crippen MR) is 115 cm³/mol. The Labute approximate surface area is 168 Å². The second kappa shape index (κ2) is 8.54. The molecule has 3 aromatic heterocycles. The third-order valence-corrected chi connectivity index (χ3v) is 4.82. The van der Waals surface area contributed by atoms with Crippen LogP contribution in [0, 0.1) is 0 Å². The number of hydrogen-bond acceptors (Lipinski definition) is 6. The molecule has 1 N–H and O–H groups in total. The Kier molecular flexibility index (Phi) is 6.11. The normalized spacial score (nSPS) is 14.3. The first-order valence-corrected chi connectivity index (χ1v) is 10.2. The van der Waals surface area contributed by atoms with E-state index in [1.54, 1.807) is 12.5 Å². The lowest BCUT2D eigenvalue weighted by Crippen LogP contribution is -2.24. The smallest absolute Gasteiger partial charge is 0.214 e. The summed E-state index contributed by atoms with van der Waals surface area (Å²) in [6.07, 6.45) is 6.59. The number of fused-ring (bicyclic) bond motifs is 1. The summed E-state index contributed by atoms with van der Waals surface area (Å²) in [5.41, 5.74) is 2.40. The third-order valence-electron chi connectivity index (χ3n) is 4.82. The fourth-order valence-electron chi connectivity index (χ4n) is 3.03. The van der Waals surface area contributed by atoms with E-state index in [1.165, 1.54) is 0 Å². The highest BCUT2D eigenvalue weighted by atomic mass is 16.5. The molecule has 1 fully saturated rings. The maximum absolute atomic E-state index is 6.00. The van der Waals surface area contributed by atoms with Gasteiger partial charge in [0.1, 0.15) is 23.4 Å². The highest BCUT2D eigenvalue weighted by Crippen LogP contribution is 2.39. The molecule has 1 saturated carbocycles. The van der Waals surface area contributed by atoms with E-state index in [0.717, 1.165) is 60.5 Å². The lowest BCUT2D eigenvalue weighted by atomic mass is 10.2. The van der Waals surface area contributed by atoms with Crippen LogP contribution < -0.4 is 9.64 Å². The fraction of sp³-hybridized carbons (Fsp3) is 0.524. The van der Waals surface area contributed by atoms with Gasteiger partial charge in [-0.25, -0.2) is 15.0 Å². The third kappa shape index (κ3) is 4.24. The predicted octanol–water partition coefficient (Wildman–Crippen LogP) is 4.85. The van der Waals surface area contributed by atoms with Crippen molar-refractivity contribution >= 4 is 16.7 Å². The summed E-state index contributed by atoms with van der Waals surface area (Å²) in [7, 11) is 0. The molecular formula is C21H32N6O. The highest BCUT2D eigenvalue weighted by Gasteiger charge is 2.40. The number of H-pyrrole nitrogens is 1. The van der Waals surface area contributed by atoms with Gasteiger partial charge in [0.25, 0.3) is 0 Å². The van der Waals surface area contributed by atoms with Gasteiger partial charge in [-0.3, -0.25) is 5.10 Å². The summed E-state index contributed by atoms with van der Waals surface area (Å²) < 4.78 is 6.00. The van der Waals surface area contributed by atoms with E-state index in [-0.39, 0.29) is 7.03 Å². The fourth-order valence-corrected chi connectivity index (χ4v) is 3.03. The van der Waals surface area contributed by atoms with Crippen molar-refractivity contribution in [1.29, 1.82) is 0 Å². The van der Waals surface area contributed by atoms with Crippen molar-refractivity contribution in [3.8, 4) is 17.3 Å². The zero-order valence-corrected chi connectivity index (χ0v) is 17.5. The van der Waals surface area contributed by atoms with Gasteiger partial charge < -0.3 is 9.64 Å². The molecule has 7 nitrogen and oxygen atoms in total. The molecule has 0 atom stereocenters. The number of hydrogen-bond donors (Lipinski definition) is 1. The molecule has 0 aliphatic heterocycles. The van der Waals surface area contributed by atoms with Crippen molar-refractivity contribution in [2.45, 2.75) is 59.5 Å². The summed E-state index contributed by atoms with van der Waals surface area (Å²) in [5.74, 6) is 1.56. The molecule has 152 valence electrons. The van der Waals surface area contributed by atoms with Crippen LogP contribution in [0.5, 0.6) is 5.88 Å². The minimum absolute atomic E-state index is 0. The van der Waals surface area contributed by atoms with Gasteiger partial charge >= 0.3 is 0 Å². The number of ether oxygens (including phenoxy) is 1. The van der Waals surface area contributed by atoms with E-state index >= 15 is 0 Å². The number of pyridine rings is 1. The molecule has 1 aliphatic carbocycles. The van der Waals surface area contributed by atoms with Crippen LogP contribution in [0.15, 0.2) is 24.7 Å². The summed E-state index contributed by atoms with van der Waals surface area (Å²) >= 11 is 0. The molecule has 7 heteroatoms. The van der Waals surface area contributed by atoms with Crippen molar-refractivity contribution in [2.24, 2.45) is 0 Å². The van der Waals surface area contributed by atoms with Gasteiger partial charge in [0, 0.05) is 32.0 Å². The molecule has 28 heavy (non-hydrogen) atoms. The summed E-state index contributed by atoms with van der Waals surface area (Å²) in [4.78, 5) is 15.5. The Morgan fingerprint density at radius 3 is 2.64 bits per heavy atom. The minimum Gasteiger partial charge on any atom is -0.471 e. The lowest BCUT2D eigenvalue weighted by Gasteiger charge is -2.21. The van der Waals surface area contributed by atoms with E-state index in [1.807, 2.05) is 26.0 Å².